The molecule has 0 unspecified atom stereocenters. The van der Waals surface area contributed by atoms with E-state index in [1.54, 1.807) is 26.5 Å². The van der Waals surface area contributed by atoms with E-state index in [1.807, 2.05) is 13.1 Å². The van der Waals surface area contributed by atoms with Crippen LogP contribution in [-0.4, -0.2) is 36.2 Å². The molecule has 2 aromatic rings. The van der Waals surface area contributed by atoms with E-state index in [9.17, 15) is 0 Å². The molecule has 0 saturated heterocycles. The van der Waals surface area contributed by atoms with Gasteiger partial charge in [-0.25, -0.2) is 15.0 Å². The molecule has 0 aliphatic heterocycles. The fourth-order valence-electron chi connectivity index (χ4n) is 1.65. The summed E-state index contributed by atoms with van der Waals surface area (Å²) >= 11 is 2.21. The first-order valence-corrected chi connectivity index (χ1v) is 7.01. The van der Waals surface area contributed by atoms with Crippen molar-refractivity contribution in [2.24, 2.45) is 0 Å². The molecule has 6 nitrogen and oxygen atoms in total. The first-order valence-electron chi connectivity index (χ1n) is 5.93. The SMILES string of the molecule is CNc1nc(-c2ccc(OC)nc2)nc(COC)c1I. The van der Waals surface area contributed by atoms with Gasteiger partial charge in [0, 0.05) is 32.0 Å². The highest BCUT2D eigenvalue weighted by molar-refractivity contribution is 14.1. The summed E-state index contributed by atoms with van der Waals surface area (Å²) in [7, 11) is 5.06. The van der Waals surface area contributed by atoms with Crippen molar-refractivity contribution >= 4 is 28.4 Å². The first kappa shape index (κ1) is 14.9. The van der Waals surface area contributed by atoms with Crippen molar-refractivity contribution in [3.8, 4) is 17.3 Å². The number of aromatic nitrogens is 3. The number of nitrogens with zero attached hydrogens (tertiary/aromatic N) is 3. The average Bonchev–Trinajstić information content (AvgIpc) is 2.49. The lowest BCUT2D eigenvalue weighted by Crippen LogP contribution is -2.06. The second kappa shape index (κ2) is 6.80. The van der Waals surface area contributed by atoms with Gasteiger partial charge in [-0.05, 0) is 28.7 Å². The molecule has 0 aromatic carbocycles. The Morgan fingerprint density at radius 3 is 2.60 bits per heavy atom. The summed E-state index contributed by atoms with van der Waals surface area (Å²) in [5.41, 5.74) is 1.68. The molecule has 0 bridgehead atoms. The Balaban J connectivity index is 2.46. The number of methoxy groups -OCH3 is 2. The van der Waals surface area contributed by atoms with Crippen LogP contribution in [0.1, 0.15) is 5.69 Å². The fraction of sp³-hybridized carbons (Fsp3) is 0.308. The van der Waals surface area contributed by atoms with Crippen LogP contribution in [0.4, 0.5) is 5.82 Å². The number of hydrogen-bond donors (Lipinski definition) is 1. The van der Waals surface area contributed by atoms with Crippen LogP contribution in [0, 0.1) is 3.57 Å². The maximum atomic E-state index is 5.18. The largest absolute Gasteiger partial charge is 0.481 e. The number of nitrogens with one attached hydrogen (secondary N) is 1. The lowest BCUT2D eigenvalue weighted by molar-refractivity contribution is 0.181. The maximum absolute atomic E-state index is 5.18. The number of ether oxygens (including phenoxy) is 2. The molecule has 0 radical (unpaired) electrons. The van der Waals surface area contributed by atoms with Crippen molar-refractivity contribution in [2.75, 3.05) is 26.6 Å². The minimum Gasteiger partial charge on any atom is -0.481 e. The van der Waals surface area contributed by atoms with E-state index < -0.39 is 0 Å². The molecule has 0 aliphatic rings. The second-order valence-corrected chi connectivity index (χ2v) is 5.01. The molecule has 2 heterocycles. The third-order valence-corrected chi connectivity index (χ3v) is 3.77. The summed E-state index contributed by atoms with van der Waals surface area (Å²) < 4.78 is 11.2. The minimum atomic E-state index is 0.437. The second-order valence-electron chi connectivity index (χ2n) is 3.93. The number of hydrogen-bond acceptors (Lipinski definition) is 6. The van der Waals surface area contributed by atoms with Gasteiger partial charge in [-0.15, -0.1) is 0 Å². The van der Waals surface area contributed by atoms with Crippen molar-refractivity contribution in [3.63, 3.8) is 0 Å². The zero-order chi connectivity index (χ0) is 14.5. The number of pyridine rings is 1. The van der Waals surface area contributed by atoms with E-state index in [0.717, 1.165) is 20.6 Å². The van der Waals surface area contributed by atoms with E-state index in [1.165, 1.54) is 0 Å². The van der Waals surface area contributed by atoms with Crippen molar-refractivity contribution in [3.05, 3.63) is 27.6 Å². The van der Waals surface area contributed by atoms with E-state index >= 15 is 0 Å². The monoisotopic (exact) mass is 386 g/mol. The fourth-order valence-corrected chi connectivity index (χ4v) is 2.32. The highest BCUT2D eigenvalue weighted by Crippen LogP contribution is 2.24. The van der Waals surface area contributed by atoms with Crippen LogP contribution in [-0.2, 0) is 11.3 Å². The molecular weight excluding hydrogens is 371 g/mol. The number of anilines is 1. The average molecular weight is 386 g/mol. The molecule has 2 aromatic heterocycles. The zero-order valence-corrected chi connectivity index (χ0v) is 13.6. The van der Waals surface area contributed by atoms with Gasteiger partial charge >= 0.3 is 0 Å². The van der Waals surface area contributed by atoms with Crippen LogP contribution in [0.5, 0.6) is 5.88 Å². The van der Waals surface area contributed by atoms with Gasteiger partial charge in [0.2, 0.25) is 5.88 Å². The number of halogens is 1. The predicted molar refractivity (Wildman–Crippen MR) is 84.8 cm³/mol. The van der Waals surface area contributed by atoms with Crippen molar-refractivity contribution in [1.82, 2.24) is 15.0 Å². The van der Waals surface area contributed by atoms with Gasteiger partial charge in [0.05, 0.1) is 23.0 Å². The van der Waals surface area contributed by atoms with Crippen LogP contribution in [0.2, 0.25) is 0 Å². The molecule has 7 heteroatoms. The van der Waals surface area contributed by atoms with Gasteiger partial charge in [0.25, 0.3) is 0 Å². The molecule has 1 N–H and O–H groups in total. The standard InChI is InChI=1S/C13H15IN4O2/c1-15-13-11(14)9(7-19-2)17-12(18-13)8-4-5-10(20-3)16-6-8/h4-6H,7H2,1-3H3,(H,15,17,18). The van der Waals surface area contributed by atoms with Gasteiger partial charge in [0.15, 0.2) is 5.82 Å². The summed E-state index contributed by atoms with van der Waals surface area (Å²) in [5.74, 6) is 1.95. The van der Waals surface area contributed by atoms with Gasteiger partial charge in [-0.3, -0.25) is 0 Å². The first-order chi connectivity index (χ1) is 9.69. The Labute approximate surface area is 131 Å². The highest BCUT2D eigenvalue weighted by Gasteiger charge is 2.12. The molecule has 0 fully saturated rings. The van der Waals surface area contributed by atoms with Crippen LogP contribution < -0.4 is 10.1 Å². The molecular formula is C13H15IN4O2. The topological polar surface area (TPSA) is 69.2 Å². The number of rotatable bonds is 5. The lowest BCUT2D eigenvalue weighted by atomic mass is 10.2. The van der Waals surface area contributed by atoms with E-state index in [-0.39, 0.29) is 0 Å². The molecule has 106 valence electrons. The lowest BCUT2D eigenvalue weighted by Gasteiger charge is -2.10. The Hall–Kier alpha value is -1.48. The third-order valence-electron chi connectivity index (χ3n) is 2.64. The molecule has 0 amide bonds. The molecule has 20 heavy (non-hydrogen) atoms. The third kappa shape index (κ3) is 3.15. The summed E-state index contributed by atoms with van der Waals surface area (Å²) in [4.78, 5) is 13.2. The van der Waals surface area contributed by atoms with Gasteiger partial charge in [-0.2, -0.15) is 0 Å². The van der Waals surface area contributed by atoms with Crippen LogP contribution >= 0.6 is 22.6 Å². The molecule has 2 rings (SSSR count). The summed E-state index contributed by atoms with van der Waals surface area (Å²) in [6, 6.07) is 3.66. The van der Waals surface area contributed by atoms with Crippen molar-refractivity contribution < 1.29 is 9.47 Å². The van der Waals surface area contributed by atoms with Crippen molar-refractivity contribution in [1.29, 1.82) is 0 Å². The van der Waals surface area contributed by atoms with Crippen LogP contribution in [0.3, 0.4) is 0 Å². The quantitative estimate of drug-likeness (QED) is 0.796. The maximum Gasteiger partial charge on any atom is 0.212 e. The molecule has 0 aliphatic carbocycles. The van der Waals surface area contributed by atoms with Crippen LogP contribution in [0.25, 0.3) is 11.4 Å². The van der Waals surface area contributed by atoms with Crippen molar-refractivity contribution in [2.45, 2.75) is 6.61 Å². The van der Waals surface area contributed by atoms with E-state index in [4.69, 9.17) is 9.47 Å². The summed E-state index contributed by atoms with van der Waals surface area (Å²) in [6.45, 7) is 0.437. The van der Waals surface area contributed by atoms with Crippen LogP contribution in [0.15, 0.2) is 18.3 Å². The van der Waals surface area contributed by atoms with E-state index in [0.29, 0.717) is 18.3 Å². The summed E-state index contributed by atoms with van der Waals surface area (Å²) in [6.07, 6.45) is 1.69. The Morgan fingerprint density at radius 1 is 1.25 bits per heavy atom. The Kier molecular flexibility index (Phi) is 5.07. The Bertz CT molecular complexity index is 590. The normalized spacial score (nSPS) is 10.4. The van der Waals surface area contributed by atoms with Gasteiger partial charge in [-0.1, -0.05) is 0 Å². The predicted octanol–water partition coefficient (Wildman–Crippen LogP) is 2.34. The minimum absolute atomic E-state index is 0.437. The molecule has 0 saturated carbocycles. The van der Waals surface area contributed by atoms with Gasteiger partial charge < -0.3 is 14.8 Å². The Morgan fingerprint density at radius 2 is 2.05 bits per heavy atom. The molecule has 0 atom stereocenters. The summed E-state index contributed by atoms with van der Waals surface area (Å²) in [5, 5.41) is 3.07. The molecule has 0 spiro atoms. The van der Waals surface area contributed by atoms with E-state index in [2.05, 4.69) is 42.9 Å². The smallest absolute Gasteiger partial charge is 0.212 e. The zero-order valence-electron chi connectivity index (χ0n) is 11.5. The van der Waals surface area contributed by atoms with Gasteiger partial charge in [0.1, 0.15) is 5.82 Å². The highest BCUT2D eigenvalue weighted by atomic mass is 127.